The van der Waals surface area contributed by atoms with E-state index in [1.54, 1.807) is 0 Å². The fraction of sp³-hybridized carbons (Fsp3) is 0.900. The van der Waals surface area contributed by atoms with Crippen LogP contribution in [0.2, 0.25) is 0 Å². The average molecular weight is 172 g/mol. The van der Waals surface area contributed by atoms with Crippen molar-refractivity contribution in [2.45, 2.75) is 40.5 Å². The smallest absolute Gasteiger partial charge is 0.306 e. The van der Waals surface area contributed by atoms with Crippen LogP contribution in [0.1, 0.15) is 40.5 Å². The lowest BCUT2D eigenvalue weighted by molar-refractivity contribution is -0.143. The quantitative estimate of drug-likeness (QED) is 0.609. The summed E-state index contributed by atoms with van der Waals surface area (Å²) in [6.45, 7) is 8.53. The highest BCUT2D eigenvalue weighted by Crippen LogP contribution is 2.29. The Hall–Kier alpha value is -0.530. The first kappa shape index (κ1) is 11.5. The molecule has 0 spiro atoms. The number of hydrogen-bond acceptors (Lipinski definition) is 2. The molecule has 0 saturated carbocycles. The maximum Gasteiger partial charge on any atom is 0.306 e. The van der Waals surface area contributed by atoms with Crippen LogP contribution in [0.25, 0.3) is 0 Å². The average Bonchev–Trinajstić information content (AvgIpc) is 1.83. The maximum atomic E-state index is 11.0. The Morgan fingerprint density at radius 2 is 1.92 bits per heavy atom. The molecule has 0 saturated heterocycles. The summed E-state index contributed by atoms with van der Waals surface area (Å²) in [5.74, 6) is 0.519. The van der Waals surface area contributed by atoms with Gasteiger partial charge in [-0.1, -0.05) is 27.7 Å². The van der Waals surface area contributed by atoms with Crippen LogP contribution in [0, 0.1) is 11.3 Å². The Morgan fingerprint density at radius 1 is 1.42 bits per heavy atom. The minimum atomic E-state index is -0.111. The van der Waals surface area contributed by atoms with Crippen molar-refractivity contribution < 1.29 is 9.53 Å². The summed E-state index contributed by atoms with van der Waals surface area (Å²) < 4.78 is 4.63. The molecule has 0 N–H and O–H groups in total. The molecule has 0 fully saturated rings. The summed E-state index contributed by atoms with van der Waals surface area (Å²) >= 11 is 0. The van der Waals surface area contributed by atoms with Gasteiger partial charge in [-0.15, -0.1) is 0 Å². The van der Waals surface area contributed by atoms with Crippen LogP contribution in [0.3, 0.4) is 0 Å². The van der Waals surface area contributed by atoms with E-state index in [1.807, 2.05) is 0 Å². The van der Waals surface area contributed by atoms with Gasteiger partial charge >= 0.3 is 5.97 Å². The molecule has 2 nitrogen and oxygen atoms in total. The van der Waals surface area contributed by atoms with E-state index < -0.39 is 0 Å². The van der Waals surface area contributed by atoms with Gasteiger partial charge in [0.1, 0.15) is 0 Å². The van der Waals surface area contributed by atoms with Crippen LogP contribution in [-0.4, -0.2) is 13.1 Å². The Labute approximate surface area is 75.3 Å². The first-order valence-electron chi connectivity index (χ1n) is 4.44. The molecule has 0 aromatic carbocycles. The number of esters is 1. The summed E-state index contributed by atoms with van der Waals surface area (Å²) in [6.07, 6.45) is 1.57. The topological polar surface area (TPSA) is 26.3 Å². The van der Waals surface area contributed by atoms with E-state index in [0.717, 1.165) is 6.42 Å². The number of ether oxygens (including phenoxy) is 1. The SMILES string of the molecule is COC(=O)CC(C)(C)CC(C)C. The van der Waals surface area contributed by atoms with Crippen LogP contribution in [0.15, 0.2) is 0 Å². The molecule has 0 amide bonds. The van der Waals surface area contributed by atoms with E-state index in [2.05, 4.69) is 32.4 Å². The molecular weight excluding hydrogens is 152 g/mol. The molecule has 0 aliphatic rings. The van der Waals surface area contributed by atoms with Gasteiger partial charge in [-0.3, -0.25) is 4.79 Å². The third-order valence-electron chi connectivity index (χ3n) is 1.81. The Balaban J connectivity index is 3.94. The summed E-state index contributed by atoms with van der Waals surface area (Å²) in [5.41, 5.74) is 0.0707. The summed E-state index contributed by atoms with van der Waals surface area (Å²) in [7, 11) is 1.44. The highest BCUT2D eigenvalue weighted by Gasteiger charge is 2.23. The molecule has 0 aromatic rings. The molecule has 0 aliphatic carbocycles. The molecule has 0 heterocycles. The number of carbonyl (C=O) groups excluding carboxylic acids is 1. The van der Waals surface area contributed by atoms with Gasteiger partial charge in [0.15, 0.2) is 0 Å². The van der Waals surface area contributed by atoms with Crippen LogP contribution in [0.5, 0.6) is 0 Å². The van der Waals surface area contributed by atoms with E-state index in [4.69, 9.17) is 0 Å². The molecule has 0 unspecified atom stereocenters. The zero-order chi connectivity index (χ0) is 9.78. The van der Waals surface area contributed by atoms with Crippen molar-refractivity contribution in [2.24, 2.45) is 11.3 Å². The van der Waals surface area contributed by atoms with Crippen LogP contribution in [0.4, 0.5) is 0 Å². The second kappa shape index (κ2) is 4.48. The molecule has 2 heteroatoms. The Bertz CT molecular complexity index is 148. The van der Waals surface area contributed by atoms with Gasteiger partial charge < -0.3 is 4.74 Å². The number of rotatable bonds is 4. The zero-order valence-corrected chi connectivity index (χ0v) is 8.81. The summed E-state index contributed by atoms with van der Waals surface area (Å²) in [4.78, 5) is 11.0. The van der Waals surface area contributed by atoms with Gasteiger partial charge in [-0.25, -0.2) is 0 Å². The van der Waals surface area contributed by atoms with Crippen molar-refractivity contribution in [3.05, 3.63) is 0 Å². The third-order valence-corrected chi connectivity index (χ3v) is 1.81. The van der Waals surface area contributed by atoms with Crippen molar-refractivity contribution in [1.82, 2.24) is 0 Å². The lowest BCUT2D eigenvalue weighted by Crippen LogP contribution is -2.20. The number of methoxy groups -OCH3 is 1. The Morgan fingerprint density at radius 3 is 2.25 bits per heavy atom. The predicted octanol–water partition coefficient (Wildman–Crippen LogP) is 2.62. The number of hydrogen-bond donors (Lipinski definition) is 0. The van der Waals surface area contributed by atoms with Crippen molar-refractivity contribution >= 4 is 5.97 Å². The third kappa shape index (κ3) is 5.16. The van der Waals surface area contributed by atoms with Crippen LogP contribution >= 0.6 is 0 Å². The van der Waals surface area contributed by atoms with Crippen molar-refractivity contribution in [3.63, 3.8) is 0 Å². The van der Waals surface area contributed by atoms with Gasteiger partial charge in [-0.2, -0.15) is 0 Å². The van der Waals surface area contributed by atoms with Gasteiger partial charge in [0.2, 0.25) is 0 Å². The fourth-order valence-corrected chi connectivity index (χ4v) is 1.64. The highest BCUT2D eigenvalue weighted by molar-refractivity contribution is 5.69. The molecule has 0 bridgehead atoms. The Kier molecular flexibility index (Phi) is 4.29. The molecular formula is C10H20O2. The molecule has 0 aromatic heterocycles. The van der Waals surface area contributed by atoms with E-state index in [1.165, 1.54) is 7.11 Å². The largest absolute Gasteiger partial charge is 0.469 e. The second-order valence-corrected chi connectivity index (χ2v) is 4.52. The first-order chi connectivity index (χ1) is 5.37. The van der Waals surface area contributed by atoms with Crippen molar-refractivity contribution in [2.75, 3.05) is 7.11 Å². The van der Waals surface area contributed by atoms with Crippen molar-refractivity contribution in [1.29, 1.82) is 0 Å². The first-order valence-corrected chi connectivity index (χ1v) is 4.44. The molecule has 12 heavy (non-hydrogen) atoms. The molecule has 0 rings (SSSR count). The highest BCUT2D eigenvalue weighted by atomic mass is 16.5. The molecule has 0 radical (unpaired) electrons. The van der Waals surface area contributed by atoms with Crippen LogP contribution in [-0.2, 0) is 9.53 Å². The monoisotopic (exact) mass is 172 g/mol. The second-order valence-electron chi connectivity index (χ2n) is 4.52. The zero-order valence-electron chi connectivity index (χ0n) is 8.81. The van der Waals surface area contributed by atoms with E-state index in [-0.39, 0.29) is 11.4 Å². The summed E-state index contributed by atoms with van der Waals surface area (Å²) in [5, 5.41) is 0. The normalized spacial score (nSPS) is 11.8. The van der Waals surface area contributed by atoms with Gasteiger partial charge in [0, 0.05) is 0 Å². The minimum Gasteiger partial charge on any atom is -0.469 e. The van der Waals surface area contributed by atoms with E-state index in [9.17, 15) is 4.79 Å². The molecule has 72 valence electrons. The fourth-order valence-electron chi connectivity index (χ4n) is 1.64. The van der Waals surface area contributed by atoms with Gasteiger partial charge in [0.05, 0.1) is 13.5 Å². The van der Waals surface area contributed by atoms with Gasteiger partial charge in [-0.05, 0) is 17.8 Å². The molecule has 0 aliphatic heterocycles. The lowest BCUT2D eigenvalue weighted by Gasteiger charge is -2.24. The number of carbonyl (C=O) groups is 1. The van der Waals surface area contributed by atoms with E-state index in [0.29, 0.717) is 12.3 Å². The lowest BCUT2D eigenvalue weighted by atomic mass is 9.81. The van der Waals surface area contributed by atoms with Crippen molar-refractivity contribution in [3.8, 4) is 0 Å². The summed E-state index contributed by atoms with van der Waals surface area (Å²) in [6, 6.07) is 0. The van der Waals surface area contributed by atoms with E-state index >= 15 is 0 Å². The maximum absolute atomic E-state index is 11.0. The minimum absolute atomic E-state index is 0.0707. The van der Waals surface area contributed by atoms with Gasteiger partial charge in [0.25, 0.3) is 0 Å². The molecule has 0 atom stereocenters. The van der Waals surface area contributed by atoms with Crippen LogP contribution < -0.4 is 0 Å². The predicted molar refractivity (Wildman–Crippen MR) is 49.9 cm³/mol. The standard InChI is InChI=1S/C10H20O2/c1-8(2)6-10(3,4)7-9(11)12-5/h8H,6-7H2,1-5H3.